The Bertz CT molecular complexity index is 421. The average molecular weight is 327 g/mol. The maximum Gasteiger partial charge on any atom is 0.0606 e. The van der Waals surface area contributed by atoms with Gasteiger partial charge in [0.1, 0.15) is 0 Å². The van der Waals surface area contributed by atoms with E-state index in [9.17, 15) is 5.11 Å². The summed E-state index contributed by atoms with van der Waals surface area (Å²) in [6.07, 6.45) is 2.49. The van der Waals surface area contributed by atoms with E-state index in [4.69, 9.17) is 0 Å². The lowest BCUT2D eigenvalue weighted by Gasteiger charge is -2.25. The summed E-state index contributed by atoms with van der Waals surface area (Å²) >= 11 is 3.68. The van der Waals surface area contributed by atoms with Crippen LogP contribution in [0, 0.1) is 0 Å². The van der Waals surface area contributed by atoms with Gasteiger partial charge in [0.15, 0.2) is 0 Å². The van der Waals surface area contributed by atoms with Gasteiger partial charge in [0.2, 0.25) is 0 Å². The maximum atomic E-state index is 9.19. The van der Waals surface area contributed by atoms with E-state index in [0.717, 1.165) is 17.6 Å². The topological polar surface area (TPSA) is 35.5 Å². The predicted octanol–water partition coefficient (Wildman–Crippen LogP) is 3.08. The largest absolute Gasteiger partial charge is 0.395 e. The number of aliphatic hydroxyl groups is 1. The van der Waals surface area contributed by atoms with Crippen LogP contribution in [0.25, 0.3) is 0 Å². The van der Waals surface area contributed by atoms with Crippen molar-refractivity contribution in [3.8, 4) is 0 Å². The lowest BCUT2D eigenvalue weighted by Crippen LogP contribution is -2.29. The van der Waals surface area contributed by atoms with Crippen molar-refractivity contribution in [2.24, 2.45) is 0 Å². The van der Waals surface area contributed by atoms with E-state index in [2.05, 4.69) is 58.2 Å². The molecule has 4 heteroatoms. The number of nitrogens with one attached hydrogen (secondary N) is 1. The molecule has 0 aliphatic heterocycles. The summed E-state index contributed by atoms with van der Waals surface area (Å²) in [7, 11) is 0. The van der Waals surface area contributed by atoms with E-state index >= 15 is 0 Å². The number of halogens is 1. The number of hydrogen-bond donors (Lipinski definition) is 2. The van der Waals surface area contributed by atoms with Crippen LogP contribution in [0.4, 0.5) is 5.69 Å². The second-order valence-corrected chi connectivity index (χ2v) is 5.99. The van der Waals surface area contributed by atoms with Gasteiger partial charge in [0, 0.05) is 28.8 Å². The highest BCUT2D eigenvalue weighted by molar-refractivity contribution is 9.10. The zero-order valence-electron chi connectivity index (χ0n) is 11.7. The van der Waals surface area contributed by atoms with Crippen molar-refractivity contribution >= 4 is 21.6 Å². The average Bonchev–Trinajstić information content (AvgIpc) is 3.20. The summed E-state index contributed by atoms with van der Waals surface area (Å²) in [6.45, 7) is 6.20. The highest BCUT2D eigenvalue weighted by Crippen LogP contribution is 2.34. The first-order valence-electron chi connectivity index (χ1n) is 7.07. The van der Waals surface area contributed by atoms with Crippen molar-refractivity contribution < 1.29 is 5.11 Å². The summed E-state index contributed by atoms with van der Waals surface area (Å²) in [4.78, 5) is 2.31. The molecule has 106 valence electrons. The Balaban J connectivity index is 2.17. The molecule has 19 heavy (non-hydrogen) atoms. The second kappa shape index (κ2) is 6.73. The number of benzene rings is 1. The number of nitrogens with zero attached hydrogens (tertiary/aromatic N) is 1. The van der Waals surface area contributed by atoms with Crippen LogP contribution >= 0.6 is 15.9 Å². The van der Waals surface area contributed by atoms with E-state index < -0.39 is 0 Å². The number of hydrogen-bond acceptors (Lipinski definition) is 3. The van der Waals surface area contributed by atoms with Gasteiger partial charge in [-0.2, -0.15) is 0 Å². The van der Waals surface area contributed by atoms with E-state index in [1.165, 1.54) is 24.1 Å². The number of rotatable bonds is 7. The lowest BCUT2D eigenvalue weighted by atomic mass is 10.1. The van der Waals surface area contributed by atoms with Gasteiger partial charge in [-0.05, 0) is 44.0 Å². The van der Waals surface area contributed by atoms with Gasteiger partial charge in [0.25, 0.3) is 0 Å². The van der Waals surface area contributed by atoms with Crippen LogP contribution < -0.4 is 10.2 Å². The van der Waals surface area contributed by atoms with Crippen LogP contribution in [-0.2, 0) is 0 Å². The molecule has 3 nitrogen and oxygen atoms in total. The normalized spacial score (nSPS) is 16.4. The van der Waals surface area contributed by atoms with Gasteiger partial charge in [-0.15, -0.1) is 0 Å². The highest BCUT2D eigenvalue weighted by Gasteiger charge is 2.29. The Morgan fingerprint density at radius 1 is 1.47 bits per heavy atom. The van der Waals surface area contributed by atoms with Gasteiger partial charge >= 0.3 is 0 Å². The van der Waals surface area contributed by atoms with Crippen LogP contribution in [0.15, 0.2) is 22.7 Å². The highest BCUT2D eigenvalue weighted by atomic mass is 79.9. The van der Waals surface area contributed by atoms with E-state index in [0.29, 0.717) is 12.1 Å². The molecule has 0 bridgehead atoms. The quantitative estimate of drug-likeness (QED) is 0.808. The summed E-state index contributed by atoms with van der Waals surface area (Å²) in [5, 5.41) is 12.6. The van der Waals surface area contributed by atoms with Crippen LogP contribution in [-0.4, -0.2) is 30.8 Å². The third-order valence-electron chi connectivity index (χ3n) is 3.62. The molecule has 1 aromatic rings. The number of aliphatic hydroxyl groups excluding tert-OH is 1. The van der Waals surface area contributed by atoms with Gasteiger partial charge in [-0.3, -0.25) is 0 Å². The molecule has 1 aromatic carbocycles. The predicted molar refractivity (Wildman–Crippen MR) is 83.7 cm³/mol. The molecule has 1 saturated carbocycles. The molecule has 2 rings (SSSR count). The lowest BCUT2D eigenvalue weighted by molar-refractivity contribution is 0.301. The van der Waals surface area contributed by atoms with Gasteiger partial charge in [0.05, 0.1) is 6.61 Å². The Morgan fingerprint density at radius 3 is 2.74 bits per heavy atom. The molecule has 1 fully saturated rings. The summed E-state index contributed by atoms with van der Waals surface area (Å²) < 4.78 is 1.14. The Kier molecular flexibility index (Phi) is 5.25. The molecule has 1 unspecified atom stereocenters. The van der Waals surface area contributed by atoms with Crippen molar-refractivity contribution in [2.45, 2.75) is 38.8 Å². The maximum absolute atomic E-state index is 9.19. The fraction of sp³-hybridized carbons (Fsp3) is 0.600. The van der Waals surface area contributed by atoms with Gasteiger partial charge in [-0.25, -0.2) is 0 Å². The Hall–Kier alpha value is -0.580. The third kappa shape index (κ3) is 3.71. The van der Waals surface area contributed by atoms with E-state index in [1.807, 2.05) is 0 Å². The molecule has 2 N–H and O–H groups in total. The van der Waals surface area contributed by atoms with Crippen LogP contribution in [0.5, 0.6) is 0 Å². The van der Waals surface area contributed by atoms with Crippen LogP contribution in [0.1, 0.15) is 38.3 Å². The van der Waals surface area contributed by atoms with Crippen LogP contribution in [0.2, 0.25) is 0 Å². The molecular formula is C15H23BrN2O. The molecule has 1 aliphatic carbocycles. The molecule has 0 saturated heterocycles. The van der Waals surface area contributed by atoms with Gasteiger partial charge in [-0.1, -0.05) is 28.9 Å². The second-order valence-electron chi connectivity index (χ2n) is 5.13. The molecule has 0 aromatic heterocycles. The fourth-order valence-corrected chi connectivity index (χ4v) is 3.19. The van der Waals surface area contributed by atoms with Crippen molar-refractivity contribution in [2.75, 3.05) is 24.6 Å². The summed E-state index contributed by atoms with van der Waals surface area (Å²) in [6, 6.07) is 7.50. The molecule has 1 aliphatic rings. The molecule has 0 spiro atoms. The van der Waals surface area contributed by atoms with Gasteiger partial charge < -0.3 is 15.3 Å². The fourth-order valence-electron chi connectivity index (χ4n) is 2.48. The molecular weight excluding hydrogens is 304 g/mol. The standard InChI is InChI=1S/C15H23BrN2O/c1-3-17-11(2)14-7-6-13(10-15(14)16)18(8-9-19)12-4-5-12/h6-7,10-12,17,19H,3-5,8-9H2,1-2H3. The first kappa shape index (κ1) is 14.8. The van der Waals surface area contributed by atoms with Crippen molar-refractivity contribution in [3.05, 3.63) is 28.2 Å². The minimum Gasteiger partial charge on any atom is -0.395 e. The number of anilines is 1. The zero-order chi connectivity index (χ0) is 13.8. The minimum absolute atomic E-state index is 0.212. The smallest absolute Gasteiger partial charge is 0.0606 e. The molecule has 0 heterocycles. The zero-order valence-corrected chi connectivity index (χ0v) is 13.3. The van der Waals surface area contributed by atoms with Crippen molar-refractivity contribution in [1.82, 2.24) is 5.32 Å². The molecule has 0 amide bonds. The Morgan fingerprint density at radius 2 is 2.21 bits per heavy atom. The minimum atomic E-state index is 0.212. The molecule has 1 atom stereocenters. The van der Waals surface area contributed by atoms with Crippen LogP contribution in [0.3, 0.4) is 0 Å². The SMILES string of the molecule is CCNC(C)c1ccc(N(CCO)C2CC2)cc1Br. The first-order chi connectivity index (χ1) is 9.17. The Labute approximate surface area is 124 Å². The molecule has 0 radical (unpaired) electrons. The monoisotopic (exact) mass is 326 g/mol. The summed E-state index contributed by atoms with van der Waals surface area (Å²) in [5.41, 5.74) is 2.49. The summed E-state index contributed by atoms with van der Waals surface area (Å²) in [5.74, 6) is 0. The van der Waals surface area contributed by atoms with Crippen molar-refractivity contribution in [3.63, 3.8) is 0 Å². The third-order valence-corrected chi connectivity index (χ3v) is 4.31. The van der Waals surface area contributed by atoms with E-state index in [-0.39, 0.29) is 6.61 Å². The van der Waals surface area contributed by atoms with E-state index in [1.54, 1.807) is 0 Å². The first-order valence-corrected chi connectivity index (χ1v) is 7.87. The van der Waals surface area contributed by atoms with Crippen molar-refractivity contribution in [1.29, 1.82) is 0 Å².